The van der Waals surface area contributed by atoms with E-state index in [2.05, 4.69) is 24.1 Å². The molecule has 1 aromatic carbocycles. The van der Waals surface area contributed by atoms with Crippen molar-refractivity contribution < 1.29 is 23.7 Å². The van der Waals surface area contributed by atoms with Crippen molar-refractivity contribution >= 4 is 24.1 Å². The van der Waals surface area contributed by atoms with Crippen LogP contribution in [0.4, 0.5) is 10.5 Å². The largest absolute Gasteiger partial charge is 0.350 e. The molecular formula is C33H56ClN3O5. The maximum atomic E-state index is 12.8. The highest BCUT2D eigenvalue weighted by Crippen LogP contribution is 2.41. The van der Waals surface area contributed by atoms with E-state index in [4.69, 9.17) is 18.9 Å². The van der Waals surface area contributed by atoms with Gasteiger partial charge in [0, 0.05) is 44.5 Å². The van der Waals surface area contributed by atoms with Gasteiger partial charge in [-0.05, 0) is 46.2 Å². The van der Waals surface area contributed by atoms with Gasteiger partial charge in [-0.15, -0.1) is 12.4 Å². The van der Waals surface area contributed by atoms with Crippen LogP contribution in [0.1, 0.15) is 97.5 Å². The first kappa shape index (κ1) is 35.1. The number of amides is 2. The number of carbonyl (C=O) groups is 1. The molecule has 42 heavy (non-hydrogen) atoms. The monoisotopic (exact) mass is 609 g/mol. The number of nitrogens with one attached hydrogen (secondary N) is 1. The van der Waals surface area contributed by atoms with E-state index in [0.717, 1.165) is 25.2 Å². The summed E-state index contributed by atoms with van der Waals surface area (Å²) < 4.78 is 25.3. The Morgan fingerprint density at radius 1 is 0.929 bits per heavy atom. The SMILES string of the molecule is CCCCCCCCCCCCO[C@H]1O[C@H]([C@H](C)N2CCN(C(=O)Nc3ccc(C)cc3)CC2)[C@@H]2OC(C)(C)O[C@H]12.Cl. The zero-order chi connectivity index (χ0) is 29.2. The quantitative estimate of drug-likeness (QED) is 0.213. The normalized spacial score (nSPS) is 26.1. The Kier molecular flexibility index (Phi) is 14.3. The summed E-state index contributed by atoms with van der Waals surface area (Å²) in [5.41, 5.74) is 2.00. The number of urea groups is 1. The molecule has 0 radical (unpaired) electrons. The maximum Gasteiger partial charge on any atom is 0.321 e. The molecule has 0 aliphatic carbocycles. The van der Waals surface area contributed by atoms with Gasteiger partial charge >= 0.3 is 6.03 Å². The highest BCUT2D eigenvalue weighted by Gasteiger charge is 2.57. The number of unbranched alkanes of at least 4 members (excludes halogenated alkanes) is 9. The zero-order valence-corrected chi connectivity index (χ0v) is 27.5. The summed E-state index contributed by atoms with van der Waals surface area (Å²) in [7, 11) is 0. The first-order valence-corrected chi connectivity index (χ1v) is 16.3. The van der Waals surface area contributed by atoms with Crippen molar-refractivity contribution in [2.24, 2.45) is 0 Å². The Bertz CT molecular complexity index is 925. The van der Waals surface area contributed by atoms with Gasteiger partial charge in [0.25, 0.3) is 0 Å². The standard InChI is InChI=1S/C33H55N3O5.ClH/c1-6-7-8-9-10-11-12-13-14-15-24-38-31-30-29(40-33(4,5)41-30)28(39-31)26(3)35-20-22-36(23-21-35)32(37)34-27-18-16-25(2)17-19-27;/h16-19,26,28-31H,6-15,20-24H2,1-5H3,(H,34,37);1H/t26-,28+,29-,30-,31-;/m0./s1. The smallest absolute Gasteiger partial charge is 0.321 e. The molecule has 3 aliphatic heterocycles. The molecule has 0 spiro atoms. The fraction of sp³-hybridized carbons (Fsp3) is 0.788. The lowest BCUT2D eigenvalue weighted by molar-refractivity contribution is -0.239. The Balaban J connectivity index is 0.00000484. The molecule has 0 aromatic heterocycles. The molecule has 8 nitrogen and oxygen atoms in total. The topological polar surface area (TPSA) is 72.5 Å². The third-order valence-corrected chi connectivity index (χ3v) is 8.78. The van der Waals surface area contributed by atoms with Crippen LogP contribution in [0.25, 0.3) is 0 Å². The average molecular weight is 610 g/mol. The summed E-state index contributed by atoms with van der Waals surface area (Å²) >= 11 is 0. The van der Waals surface area contributed by atoms with Crippen LogP contribution < -0.4 is 5.32 Å². The molecule has 9 heteroatoms. The molecule has 3 aliphatic rings. The van der Waals surface area contributed by atoms with Gasteiger partial charge in [-0.1, -0.05) is 82.4 Å². The lowest BCUT2D eigenvalue weighted by atomic mass is 10.0. The van der Waals surface area contributed by atoms with Crippen LogP contribution in [0.5, 0.6) is 0 Å². The number of benzene rings is 1. The second kappa shape index (κ2) is 17.2. The van der Waals surface area contributed by atoms with E-state index in [9.17, 15) is 4.79 Å². The molecule has 240 valence electrons. The molecule has 3 heterocycles. The Labute approximate surface area is 260 Å². The summed E-state index contributed by atoms with van der Waals surface area (Å²) in [6.07, 6.45) is 12.1. The van der Waals surface area contributed by atoms with Gasteiger partial charge < -0.3 is 29.2 Å². The number of anilines is 1. The highest BCUT2D eigenvalue weighted by atomic mass is 35.5. The lowest BCUT2D eigenvalue weighted by Gasteiger charge is -2.40. The first-order chi connectivity index (χ1) is 19.8. The Morgan fingerprint density at radius 3 is 2.12 bits per heavy atom. The minimum atomic E-state index is -0.650. The highest BCUT2D eigenvalue weighted by molar-refractivity contribution is 5.89. The van der Waals surface area contributed by atoms with Gasteiger partial charge in [-0.25, -0.2) is 4.79 Å². The second-order valence-electron chi connectivity index (χ2n) is 12.6. The number of piperazine rings is 1. The van der Waals surface area contributed by atoms with Gasteiger partial charge in [0.05, 0.1) is 0 Å². The first-order valence-electron chi connectivity index (χ1n) is 16.3. The molecule has 0 unspecified atom stereocenters. The molecule has 0 saturated carbocycles. The molecule has 5 atom stereocenters. The van der Waals surface area contributed by atoms with E-state index in [1.165, 1.54) is 63.4 Å². The van der Waals surface area contributed by atoms with E-state index < -0.39 is 12.1 Å². The number of hydrogen-bond acceptors (Lipinski definition) is 6. The van der Waals surface area contributed by atoms with Crippen LogP contribution in [-0.4, -0.2) is 85.0 Å². The van der Waals surface area contributed by atoms with Gasteiger partial charge in [0.1, 0.15) is 18.3 Å². The number of halogens is 1. The second-order valence-corrected chi connectivity index (χ2v) is 12.6. The van der Waals surface area contributed by atoms with E-state index in [-0.39, 0.29) is 42.8 Å². The minimum Gasteiger partial charge on any atom is -0.350 e. The summed E-state index contributed by atoms with van der Waals surface area (Å²) in [4.78, 5) is 17.1. The molecule has 1 N–H and O–H groups in total. The third kappa shape index (κ3) is 10.1. The fourth-order valence-corrected chi connectivity index (χ4v) is 6.28. The van der Waals surface area contributed by atoms with Crippen LogP contribution in [-0.2, 0) is 18.9 Å². The maximum absolute atomic E-state index is 12.8. The number of rotatable bonds is 15. The number of aryl methyl sites for hydroxylation is 1. The van der Waals surface area contributed by atoms with E-state index in [0.29, 0.717) is 19.7 Å². The predicted octanol–water partition coefficient (Wildman–Crippen LogP) is 7.14. The van der Waals surface area contributed by atoms with Crippen molar-refractivity contribution in [3.05, 3.63) is 29.8 Å². The van der Waals surface area contributed by atoms with Crippen molar-refractivity contribution in [1.82, 2.24) is 9.80 Å². The summed E-state index contributed by atoms with van der Waals surface area (Å²) in [6.45, 7) is 14.0. The minimum absolute atomic E-state index is 0. The number of hydrogen-bond donors (Lipinski definition) is 1. The van der Waals surface area contributed by atoms with Crippen LogP contribution in [0.2, 0.25) is 0 Å². The molecule has 2 amide bonds. The zero-order valence-electron chi connectivity index (χ0n) is 26.6. The van der Waals surface area contributed by atoms with Crippen LogP contribution >= 0.6 is 12.4 Å². The molecule has 0 bridgehead atoms. The van der Waals surface area contributed by atoms with Crippen molar-refractivity contribution in [3.8, 4) is 0 Å². The number of carbonyl (C=O) groups excluding carboxylic acids is 1. The molecular weight excluding hydrogens is 554 g/mol. The van der Waals surface area contributed by atoms with Gasteiger partial charge in [0.2, 0.25) is 0 Å². The van der Waals surface area contributed by atoms with Crippen molar-refractivity contribution in [2.75, 3.05) is 38.1 Å². The number of nitrogens with zero attached hydrogens (tertiary/aromatic N) is 2. The van der Waals surface area contributed by atoms with Gasteiger partial charge in [-0.3, -0.25) is 4.90 Å². The van der Waals surface area contributed by atoms with Crippen LogP contribution in [0.3, 0.4) is 0 Å². The number of fused-ring (bicyclic) bond motifs is 1. The summed E-state index contributed by atoms with van der Waals surface area (Å²) in [6, 6.07) is 7.98. The number of ether oxygens (including phenoxy) is 4. The van der Waals surface area contributed by atoms with Crippen molar-refractivity contribution in [2.45, 2.75) is 135 Å². The Morgan fingerprint density at radius 2 is 1.50 bits per heavy atom. The molecule has 1 aromatic rings. The summed E-state index contributed by atoms with van der Waals surface area (Å²) in [5.74, 6) is -0.650. The van der Waals surface area contributed by atoms with E-state index in [1.54, 1.807) is 0 Å². The van der Waals surface area contributed by atoms with Crippen molar-refractivity contribution in [1.29, 1.82) is 0 Å². The molecule has 3 saturated heterocycles. The molecule has 3 fully saturated rings. The van der Waals surface area contributed by atoms with Crippen molar-refractivity contribution in [3.63, 3.8) is 0 Å². The summed E-state index contributed by atoms with van der Waals surface area (Å²) in [5, 5.41) is 3.02. The fourth-order valence-electron chi connectivity index (χ4n) is 6.28. The van der Waals surface area contributed by atoms with E-state index >= 15 is 0 Å². The lowest BCUT2D eigenvalue weighted by Crippen LogP contribution is -2.56. The van der Waals surface area contributed by atoms with Crippen LogP contribution in [0, 0.1) is 6.92 Å². The predicted molar refractivity (Wildman–Crippen MR) is 170 cm³/mol. The van der Waals surface area contributed by atoms with E-state index in [1.807, 2.05) is 49.9 Å². The average Bonchev–Trinajstić information content (AvgIpc) is 3.45. The van der Waals surface area contributed by atoms with Crippen LogP contribution in [0.15, 0.2) is 24.3 Å². The Hall–Kier alpha value is -1.42. The third-order valence-electron chi connectivity index (χ3n) is 8.78. The molecule has 4 rings (SSSR count). The van der Waals surface area contributed by atoms with Gasteiger partial charge in [0.15, 0.2) is 12.1 Å². The van der Waals surface area contributed by atoms with Gasteiger partial charge in [-0.2, -0.15) is 0 Å².